The Hall–Kier alpha value is -2.02. The molecule has 0 spiro atoms. The van der Waals surface area contributed by atoms with Gasteiger partial charge in [0.25, 0.3) is 0 Å². The van der Waals surface area contributed by atoms with Gasteiger partial charge in [-0.05, 0) is 43.4 Å². The van der Waals surface area contributed by atoms with E-state index < -0.39 is 28.5 Å². The third kappa shape index (κ3) is 3.77. The Kier molecular flexibility index (Phi) is 5.02. The van der Waals surface area contributed by atoms with Gasteiger partial charge < -0.3 is 5.11 Å². The second kappa shape index (κ2) is 6.79. The standard InChI is InChI=1S/C21H24F4N2O/c1-12-26-17(19(2,3)4)16(18(27-12)21(23,24)25)10-20(9-14(20)11-28)13-6-5-7-15(22)8-13/h5-8,14,28H,9-11H2,1-4H3/t14-,20+/m0/s1. The molecule has 1 aromatic heterocycles. The summed E-state index contributed by atoms with van der Waals surface area (Å²) in [5, 5.41) is 9.71. The second-order valence-electron chi connectivity index (χ2n) is 8.62. The molecule has 7 heteroatoms. The van der Waals surface area contributed by atoms with Crippen molar-refractivity contribution in [1.82, 2.24) is 9.97 Å². The summed E-state index contributed by atoms with van der Waals surface area (Å²) in [6.07, 6.45) is -4.14. The topological polar surface area (TPSA) is 46.0 Å². The highest BCUT2D eigenvalue weighted by Gasteiger charge is 2.56. The van der Waals surface area contributed by atoms with Crippen molar-refractivity contribution >= 4 is 0 Å². The molecule has 1 aromatic carbocycles. The van der Waals surface area contributed by atoms with Crippen molar-refractivity contribution in [3.8, 4) is 0 Å². The fourth-order valence-electron chi connectivity index (χ4n) is 4.02. The van der Waals surface area contributed by atoms with Crippen molar-refractivity contribution < 1.29 is 22.7 Å². The zero-order chi connectivity index (χ0) is 20.9. The van der Waals surface area contributed by atoms with Gasteiger partial charge in [0.1, 0.15) is 11.6 Å². The predicted octanol–water partition coefficient (Wildman–Crippen LogP) is 4.73. The minimum Gasteiger partial charge on any atom is -0.396 e. The average Bonchev–Trinajstić information content (AvgIpc) is 3.28. The molecule has 1 aliphatic rings. The van der Waals surface area contributed by atoms with Crippen molar-refractivity contribution in [3.05, 3.63) is 58.4 Å². The Morgan fingerprint density at radius 2 is 1.79 bits per heavy atom. The van der Waals surface area contributed by atoms with Crippen LogP contribution < -0.4 is 0 Å². The highest BCUT2D eigenvalue weighted by Crippen LogP contribution is 2.57. The Bertz CT molecular complexity index is 854. The molecular weight excluding hydrogens is 372 g/mol. The van der Waals surface area contributed by atoms with Gasteiger partial charge >= 0.3 is 6.18 Å². The number of hydrogen-bond acceptors (Lipinski definition) is 3. The fraction of sp³-hybridized carbons (Fsp3) is 0.524. The van der Waals surface area contributed by atoms with Crippen LogP contribution in [0.4, 0.5) is 17.6 Å². The van der Waals surface area contributed by atoms with Gasteiger partial charge in [-0.15, -0.1) is 0 Å². The Balaban J connectivity index is 2.20. The van der Waals surface area contributed by atoms with Crippen LogP contribution in [0.3, 0.4) is 0 Å². The molecule has 1 fully saturated rings. The van der Waals surface area contributed by atoms with Crippen LogP contribution in [0.5, 0.6) is 0 Å². The summed E-state index contributed by atoms with van der Waals surface area (Å²) in [6.45, 7) is 6.71. The number of benzene rings is 1. The first kappa shape index (κ1) is 20.7. The molecule has 0 aliphatic heterocycles. The lowest BCUT2D eigenvalue weighted by Gasteiger charge is -2.27. The van der Waals surface area contributed by atoms with Crippen LogP contribution in [0, 0.1) is 18.7 Å². The maximum absolute atomic E-state index is 13.8. The quantitative estimate of drug-likeness (QED) is 0.760. The average molecular weight is 396 g/mol. The molecule has 0 saturated heterocycles. The monoisotopic (exact) mass is 396 g/mol. The number of nitrogens with zero attached hydrogens (tertiary/aromatic N) is 2. The molecule has 0 unspecified atom stereocenters. The van der Waals surface area contributed by atoms with E-state index in [1.54, 1.807) is 12.1 Å². The third-order valence-corrected chi connectivity index (χ3v) is 5.44. The molecule has 2 atom stereocenters. The minimum atomic E-state index is -4.63. The zero-order valence-electron chi connectivity index (χ0n) is 16.4. The van der Waals surface area contributed by atoms with Crippen molar-refractivity contribution in [1.29, 1.82) is 0 Å². The zero-order valence-corrected chi connectivity index (χ0v) is 16.4. The van der Waals surface area contributed by atoms with Gasteiger partial charge in [0.05, 0.1) is 5.69 Å². The van der Waals surface area contributed by atoms with Crippen molar-refractivity contribution in [2.75, 3.05) is 6.61 Å². The maximum Gasteiger partial charge on any atom is 0.433 e. The molecule has 2 aromatic rings. The van der Waals surface area contributed by atoms with E-state index in [-0.39, 0.29) is 30.3 Å². The van der Waals surface area contributed by atoms with Gasteiger partial charge in [0.2, 0.25) is 0 Å². The molecule has 0 radical (unpaired) electrons. The van der Waals surface area contributed by atoms with E-state index in [4.69, 9.17) is 0 Å². The van der Waals surface area contributed by atoms with Crippen molar-refractivity contribution in [2.45, 2.75) is 57.5 Å². The normalized spacial score (nSPS) is 22.4. The Morgan fingerprint density at radius 3 is 2.29 bits per heavy atom. The largest absolute Gasteiger partial charge is 0.433 e. The molecule has 3 nitrogen and oxygen atoms in total. The molecule has 1 heterocycles. The molecule has 152 valence electrons. The van der Waals surface area contributed by atoms with Crippen LogP contribution in [0.2, 0.25) is 0 Å². The number of rotatable bonds is 4. The maximum atomic E-state index is 13.8. The van der Waals surface area contributed by atoms with Crippen LogP contribution in [0.1, 0.15) is 55.5 Å². The molecule has 0 amide bonds. The lowest BCUT2D eigenvalue weighted by Crippen LogP contribution is -2.27. The van der Waals surface area contributed by atoms with E-state index in [9.17, 15) is 22.7 Å². The van der Waals surface area contributed by atoms with Crippen molar-refractivity contribution in [2.24, 2.45) is 5.92 Å². The van der Waals surface area contributed by atoms with Gasteiger partial charge in [-0.1, -0.05) is 32.9 Å². The molecule has 1 saturated carbocycles. The Morgan fingerprint density at radius 1 is 1.14 bits per heavy atom. The molecule has 28 heavy (non-hydrogen) atoms. The first-order valence-corrected chi connectivity index (χ1v) is 9.20. The van der Waals surface area contributed by atoms with Gasteiger partial charge in [0, 0.05) is 23.0 Å². The minimum absolute atomic E-state index is 0.00338. The van der Waals surface area contributed by atoms with Gasteiger partial charge in [-0.3, -0.25) is 0 Å². The van der Waals surface area contributed by atoms with Crippen LogP contribution in [-0.4, -0.2) is 21.7 Å². The first-order valence-electron chi connectivity index (χ1n) is 9.20. The lowest BCUT2D eigenvalue weighted by atomic mass is 9.80. The van der Waals surface area contributed by atoms with E-state index in [0.29, 0.717) is 17.7 Å². The first-order chi connectivity index (χ1) is 12.9. The highest BCUT2D eigenvalue weighted by molar-refractivity contribution is 5.42. The molecule has 3 rings (SSSR count). The number of aromatic nitrogens is 2. The highest BCUT2D eigenvalue weighted by atomic mass is 19.4. The summed E-state index contributed by atoms with van der Waals surface area (Å²) in [5.74, 6) is -0.618. The third-order valence-electron chi connectivity index (χ3n) is 5.44. The lowest BCUT2D eigenvalue weighted by molar-refractivity contribution is -0.142. The number of halogens is 4. The predicted molar refractivity (Wildman–Crippen MR) is 97.4 cm³/mol. The summed E-state index contributed by atoms with van der Waals surface area (Å²) in [6, 6.07) is 5.89. The summed E-state index contributed by atoms with van der Waals surface area (Å²) in [7, 11) is 0. The van der Waals surface area contributed by atoms with Crippen LogP contribution in [0.15, 0.2) is 24.3 Å². The summed E-state index contributed by atoms with van der Waals surface area (Å²) >= 11 is 0. The van der Waals surface area contributed by atoms with Crippen LogP contribution in [-0.2, 0) is 23.4 Å². The fourth-order valence-corrected chi connectivity index (χ4v) is 4.02. The molecular formula is C21H24F4N2O. The molecule has 0 bridgehead atoms. The number of hydrogen-bond donors (Lipinski definition) is 1. The molecule has 1 aliphatic carbocycles. The van der Waals surface area contributed by atoms with Crippen LogP contribution in [0.25, 0.3) is 0 Å². The smallest absolute Gasteiger partial charge is 0.396 e. The SMILES string of the molecule is Cc1nc(C(C)(C)C)c(C[C@@]2(c3cccc(F)c3)C[C@H]2CO)c(C(F)(F)F)n1. The van der Waals surface area contributed by atoms with Crippen LogP contribution >= 0.6 is 0 Å². The Labute approximate surface area is 161 Å². The van der Waals surface area contributed by atoms with E-state index in [2.05, 4.69) is 9.97 Å². The van der Waals surface area contributed by atoms with Crippen molar-refractivity contribution in [3.63, 3.8) is 0 Å². The summed E-state index contributed by atoms with van der Waals surface area (Å²) in [5.41, 5.74) is -1.35. The van der Waals surface area contributed by atoms with Gasteiger partial charge in [-0.25, -0.2) is 14.4 Å². The van der Waals surface area contributed by atoms with E-state index in [0.717, 1.165) is 0 Å². The van der Waals surface area contributed by atoms with Gasteiger partial charge in [-0.2, -0.15) is 13.2 Å². The van der Waals surface area contributed by atoms with Gasteiger partial charge in [0.15, 0.2) is 5.69 Å². The number of aliphatic hydroxyl groups excluding tert-OH is 1. The second-order valence-corrected chi connectivity index (χ2v) is 8.62. The summed E-state index contributed by atoms with van der Waals surface area (Å²) < 4.78 is 55.3. The van der Waals surface area contributed by atoms with E-state index in [1.165, 1.54) is 19.1 Å². The van der Waals surface area contributed by atoms with E-state index >= 15 is 0 Å². The van der Waals surface area contributed by atoms with E-state index in [1.807, 2.05) is 20.8 Å². The number of aliphatic hydroxyl groups is 1. The molecule has 1 N–H and O–H groups in total. The number of aryl methyl sites for hydroxylation is 1. The number of alkyl halides is 3. The summed E-state index contributed by atoms with van der Waals surface area (Å²) in [4.78, 5) is 8.06.